The standard InChI is InChI=1S/C17H25NO/c1-19-16(12-13-16)11-8-14-4-6-15(7-5-14)17(18)9-2-3-10-17/h4-7H,2-3,8-13,18H2,1H3. The Bertz CT molecular complexity index is 427. The summed E-state index contributed by atoms with van der Waals surface area (Å²) in [4.78, 5) is 0. The summed E-state index contributed by atoms with van der Waals surface area (Å²) in [5.41, 5.74) is 9.37. The fourth-order valence-electron chi connectivity index (χ4n) is 3.37. The van der Waals surface area contributed by atoms with Crippen molar-refractivity contribution in [2.45, 2.75) is 62.5 Å². The molecule has 2 aliphatic rings. The monoisotopic (exact) mass is 259 g/mol. The molecule has 0 unspecified atom stereocenters. The minimum absolute atomic E-state index is 0.0528. The van der Waals surface area contributed by atoms with E-state index in [2.05, 4.69) is 24.3 Å². The van der Waals surface area contributed by atoms with Crippen molar-refractivity contribution < 1.29 is 4.74 Å². The van der Waals surface area contributed by atoms with Gasteiger partial charge in [0.1, 0.15) is 0 Å². The lowest BCUT2D eigenvalue weighted by Gasteiger charge is -2.24. The largest absolute Gasteiger partial charge is 0.378 e. The normalized spacial score (nSPS) is 23.5. The van der Waals surface area contributed by atoms with Crippen LogP contribution in [-0.4, -0.2) is 12.7 Å². The van der Waals surface area contributed by atoms with E-state index in [1.165, 1.54) is 36.8 Å². The lowest BCUT2D eigenvalue weighted by Crippen LogP contribution is -2.32. The van der Waals surface area contributed by atoms with Gasteiger partial charge >= 0.3 is 0 Å². The topological polar surface area (TPSA) is 35.2 Å². The first-order chi connectivity index (χ1) is 9.16. The Morgan fingerprint density at radius 3 is 2.21 bits per heavy atom. The molecule has 0 radical (unpaired) electrons. The zero-order chi connectivity index (χ0) is 13.3. The molecule has 0 aromatic heterocycles. The van der Waals surface area contributed by atoms with Gasteiger partial charge in [0, 0.05) is 12.6 Å². The molecule has 2 fully saturated rings. The Kier molecular flexibility index (Phi) is 3.40. The van der Waals surface area contributed by atoms with Gasteiger partial charge in [0.25, 0.3) is 0 Å². The third-order valence-electron chi connectivity index (χ3n) is 5.13. The van der Waals surface area contributed by atoms with Crippen molar-refractivity contribution >= 4 is 0 Å². The van der Waals surface area contributed by atoms with Gasteiger partial charge in [-0.1, -0.05) is 37.1 Å². The second kappa shape index (κ2) is 4.92. The molecule has 1 aromatic carbocycles. The molecule has 0 saturated heterocycles. The molecule has 104 valence electrons. The predicted octanol–water partition coefficient (Wildman–Crippen LogP) is 3.53. The van der Waals surface area contributed by atoms with Crippen molar-refractivity contribution in [3.05, 3.63) is 35.4 Å². The van der Waals surface area contributed by atoms with E-state index in [1.54, 1.807) is 0 Å². The van der Waals surface area contributed by atoms with E-state index in [1.807, 2.05) is 7.11 Å². The highest BCUT2D eigenvalue weighted by Gasteiger charge is 2.42. The van der Waals surface area contributed by atoms with Crippen LogP contribution >= 0.6 is 0 Å². The summed E-state index contributed by atoms with van der Waals surface area (Å²) >= 11 is 0. The first-order valence-corrected chi connectivity index (χ1v) is 7.59. The molecule has 0 heterocycles. The van der Waals surface area contributed by atoms with E-state index in [0.29, 0.717) is 0 Å². The molecule has 2 nitrogen and oxygen atoms in total. The fraction of sp³-hybridized carbons (Fsp3) is 0.647. The molecular weight excluding hydrogens is 234 g/mol. The average molecular weight is 259 g/mol. The van der Waals surface area contributed by atoms with Gasteiger partial charge in [-0.3, -0.25) is 0 Å². The Labute approximate surface area is 116 Å². The van der Waals surface area contributed by atoms with Gasteiger partial charge < -0.3 is 10.5 Å². The minimum atomic E-state index is -0.0528. The van der Waals surface area contributed by atoms with Crippen LogP contribution in [0.25, 0.3) is 0 Å². The lowest BCUT2D eigenvalue weighted by molar-refractivity contribution is 0.0731. The molecular formula is C17H25NO. The SMILES string of the molecule is COC1(CCc2ccc(C3(N)CCCC3)cc2)CC1. The summed E-state index contributed by atoms with van der Waals surface area (Å²) in [5.74, 6) is 0. The highest BCUT2D eigenvalue weighted by molar-refractivity contribution is 5.29. The van der Waals surface area contributed by atoms with Crippen molar-refractivity contribution in [2.24, 2.45) is 5.73 Å². The fourth-order valence-corrected chi connectivity index (χ4v) is 3.37. The number of rotatable bonds is 5. The quantitative estimate of drug-likeness (QED) is 0.878. The van der Waals surface area contributed by atoms with Crippen molar-refractivity contribution in [3.8, 4) is 0 Å². The molecule has 19 heavy (non-hydrogen) atoms. The maximum Gasteiger partial charge on any atom is 0.0684 e. The van der Waals surface area contributed by atoms with E-state index in [4.69, 9.17) is 10.5 Å². The van der Waals surface area contributed by atoms with Gasteiger partial charge in [0.2, 0.25) is 0 Å². The zero-order valence-electron chi connectivity index (χ0n) is 12.0. The summed E-state index contributed by atoms with van der Waals surface area (Å²) in [6, 6.07) is 9.00. The Balaban J connectivity index is 1.62. The van der Waals surface area contributed by atoms with Crippen LogP contribution in [0.5, 0.6) is 0 Å². The highest BCUT2D eigenvalue weighted by Crippen LogP contribution is 2.43. The van der Waals surface area contributed by atoms with Crippen LogP contribution in [0.2, 0.25) is 0 Å². The van der Waals surface area contributed by atoms with Crippen molar-refractivity contribution in [3.63, 3.8) is 0 Å². The van der Waals surface area contributed by atoms with Crippen LogP contribution in [-0.2, 0) is 16.7 Å². The van der Waals surface area contributed by atoms with Gasteiger partial charge in [0.05, 0.1) is 5.60 Å². The smallest absolute Gasteiger partial charge is 0.0684 e. The molecule has 0 bridgehead atoms. The van der Waals surface area contributed by atoms with E-state index in [0.717, 1.165) is 25.7 Å². The maximum atomic E-state index is 6.49. The number of nitrogens with two attached hydrogens (primary N) is 1. The molecule has 0 amide bonds. The van der Waals surface area contributed by atoms with Crippen LogP contribution in [0.1, 0.15) is 56.1 Å². The van der Waals surface area contributed by atoms with Crippen LogP contribution in [0, 0.1) is 0 Å². The zero-order valence-corrected chi connectivity index (χ0v) is 12.0. The second-order valence-corrected chi connectivity index (χ2v) is 6.45. The Morgan fingerprint density at radius 1 is 1.05 bits per heavy atom. The lowest BCUT2D eigenvalue weighted by atomic mass is 9.88. The van der Waals surface area contributed by atoms with Crippen molar-refractivity contribution in [1.82, 2.24) is 0 Å². The van der Waals surface area contributed by atoms with Crippen LogP contribution in [0.4, 0.5) is 0 Å². The summed E-state index contributed by atoms with van der Waals surface area (Å²) in [5, 5.41) is 0. The molecule has 2 saturated carbocycles. The number of hydrogen-bond donors (Lipinski definition) is 1. The van der Waals surface area contributed by atoms with Crippen molar-refractivity contribution in [1.29, 1.82) is 0 Å². The van der Waals surface area contributed by atoms with Gasteiger partial charge in [0.15, 0.2) is 0 Å². The number of aryl methyl sites for hydroxylation is 1. The van der Waals surface area contributed by atoms with E-state index < -0.39 is 0 Å². The number of benzene rings is 1. The Morgan fingerprint density at radius 2 is 1.68 bits per heavy atom. The molecule has 1 aromatic rings. The Hall–Kier alpha value is -0.860. The van der Waals surface area contributed by atoms with Crippen LogP contribution in [0.15, 0.2) is 24.3 Å². The van der Waals surface area contributed by atoms with Gasteiger partial charge in [-0.15, -0.1) is 0 Å². The van der Waals surface area contributed by atoms with Gasteiger partial charge in [-0.25, -0.2) is 0 Å². The predicted molar refractivity (Wildman–Crippen MR) is 78.1 cm³/mol. The van der Waals surface area contributed by atoms with E-state index >= 15 is 0 Å². The molecule has 2 heteroatoms. The van der Waals surface area contributed by atoms with E-state index in [-0.39, 0.29) is 11.1 Å². The number of methoxy groups -OCH3 is 1. The minimum Gasteiger partial charge on any atom is -0.378 e. The molecule has 0 spiro atoms. The number of ether oxygens (including phenoxy) is 1. The summed E-state index contributed by atoms with van der Waals surface area (Å²) < 4.78 is 5.57. The molecule has 3 rings (SSSR count). The molecule has 2 N–H and O–H groups in total. The molecule has 0 atom stereocenters. The third-order valence-corrected chi connectivity index (χ3v) is 5.13. The van der Waals surface area contributed by atoms with Crippen LogP contribution in [0.3, 0.4) is 0 Å². The second-order valence-electron chi connectivity index (χ2n) is 6.45. The summed E-state index contributed by atoms with van der Waals surface area (Å²) in [6.45, 7) is 0. The van der Waals surface area contributed by atoms with Crippen LogP contribution < -0.4 is 5.73 Å². The average Bonchev–Trinajstić information content (AvgIpc) is 3.11. The molecule has 2 aliphatic carbocycles. The first kappa shape index (κ1) is 13.1. The first-order valence-electron chi connectivity index (χ1n) is 7.59. The van der Waals surface area contributed by atoms with Crippen molar-refractivity contribution in [2.75, 3.05) is 7.11 Å². The summed E-state index contributed by atoms with van der Waals surface area (Å²) in [7, 11) is 1.84. The van der Waals surface area contributed by atoms with E-state index in [9.17, 15) is 0 Å². The third kappa shape index (κ3) is 2.70. The summed E-state index contributed by atoms with van der Waals surface area (Å²) in [6.07, 6.45) is 9.55. The maximum absolute atomic E-state index is 6.49. The van der Waals surface area contributed by atoms with Gasteiger partial charge in [-0.05, 0) is 49.7 Å². The van der Waals surface area contributed by atoms with Gasteiger partial charge in [-0.2, -0.15) is 0 Å². The highest BCUT2D eigenvalue weighted by atomic mass is 16.5. The number of hydrogen-bond acceptors (Lipinski definition) is 2. The molecule has 0 aliphatic heterocycles.